The summed E-state index contributed by atoms with van der Waals surface area (Å²) in [5, 5.41) is 15.9. The van der Waals surface area contributed by atoms with Crippen molar-refractivity contribution in [3.05, 3.63) is 40.3 Å². The van der Waals surface area contributed by atoms with Crippen LogP contribution in [0.15, 0.2) is 24.3 Å². The number of ether oxygens (including phenoxy) is 1. The zero-order chi connectivity index (χ0) is 22.0. The summed E-state index contributed by atoms with van der Waals surface area (Å²) in [7, 11) is 1.54. The Morgan fingerprint density at radius 2 is 1.77 bits per heavy atom. The molecule has 7 nitrogen and oxygen atoms in total. The van der Waals surface area contributed by atoms with Gasteiger partial charge in [-0.3, -0.25) is 14.4 Å². The molecule has 0 saturated heterocycles. The number of thiophene rings is 1. The number of hydrogen-bond acceptors (Lipinski definition) is 5. The molecular formula is C23H26N2O5S. The Hall–Kier alpha value is -2.87. The van der Waals surface area contributed by atoms with Crippen molar-refractivity contribution in [3.63, 3.8) is 0 Å². The zero-order valence-corrected chi connectivity index (χ0v) is 18.2. The van der Waals surface area contributed by atoms with Crippen molar-refractivity contribution in [2.75, 3.05) is 17.7 Å². The lowest BCUT2D eigenvalue weighted by Crippen LogP contribution is -2.36. The highest BCUT2D eigenvalue weighted by Gasteiger charge is 2.37. The van der Waals surface area contributed by atoms with Gasteiger partial charge in [-0.2, -0.15) is 0 Å². The molecule has 1 saturated carbocycles. The molecule has 0 spiro atoms. The number of carboxylic acids is 1. The third-order valence-corrected chi connectivity index (χ3v) is 7.37. The average Bonchev–Trinajstić information content (AvgIpc) is 3.34. The van der Waals surface area contributed by atoms with Gasteiger partial charge in [-0.05, 0) is 49.8 Å². The van der Waals surface area contributed by atoms with Crippen LogP contribution in [-0.4, -0.2) is 30.0 Å². The minimum Gasteiger partial charge on any atom is -0.495 e. The molecule has 1 aromatic heterocycles. The number of hydrogen-bond donors (Lipinski definition) is 3. The minimum absolute atomic E-state index is 0.294. The van der Waals surface area contributed by atoms with Crippen LogP contribution in [0.3, 0.4) is 0 Å². The second kappa shape index (κ2) is 9.09. The SMILES string of the molecule is COc1ccccc1NC(=O)c1c(NC(=O)[C@@H]2CCCC[C@@H]2C(=O)O)sc2c1CCC2. The van der Waals surface area contributed by atoms with Gasteiger partial charge in [-0.25, -0.2) is 0 Å². The maximum absolute atomic E-state index is 13.2. The number of nitrogens with one attached hydrogen (secondary N) is 2. The van der Waals surface area contributed by atoms with E-state index in [1.807, 2.05) is 12.1 Å². The summed E-state index contributed by atoms with van der Waals surface area (Å²) in [5.74, 6) is -2.22. The molecule has 2 aromatic rings. The van der Waals surface area contributed by atoms with Crippen molar-refractivity contribution >= 4 is 39.8 Å². The van der Waals surface area contributed by atoms with Crippen LogP contribution in [0.25, 0.3) is 0 Å². The molecule has 4 rings (SSSR count). The van der Waals surface area contributed by atoms with Gasteiger partial charge >= 0.3 is 5.97 Å². The highest BCUT2D eigenvalue weighted by Crippen LogP contribution is 2.41. The Morgan fingerprint density at radius 3 is 2.52 bits per heavy atom. The van der Waals surface area contributed by atoms with Crippen molar-refractivity contribution < 1.29 is 24.2 Å². The van der Waals surface area contributed by atoms with E-state index in [-0.39, 0.29) is 11.8 Å². The van der Waals surface area contributed by atoms with Crippen molar-refractivity contribution in [3.8, 4) is 5.75 Å². The number of carbonyl (C=O) groups is 3. The number of para-hydroxylation sites is 2. The van der Waals surface area contributed by atoms with Gasteiger partial charge in [0.25, 0.3) is 5.91 Å². The van der Waals surface area contributed by atoms with Gasteiger partial charge in [0.1, 0.15) is 10.8 Å². The van der Waals surface area contributed by atoms with E-state index in [4.69, 9.17) is 4.74 Å². The first-order chi connectivity index (χ1) is 15.0. The van der Waals surface area contributed by atoms with Crippen molar-refractivity contribution in [1.82, 2.24) is 0 Å². The van der Waals surface area contributed by atoms with Crippen LogP contribution < -0.4 is 15.4 Å². The normalized spacial score (nSPS) is 20.0. The molecule has 164 valence electrons. The molecule has 8 heteroatoms. The van der Waals surface area contributed by atoms with E-state index in [1.165, 1.54) is 11.3 Å². The summed E-state index contributed by atoms with van der Waals surface area (Å²) in [6.07, 6.45) is 5.37. The van der Waals surface area contributed by atoms with Gasteiger partial charge in [0.15, 0.2) is 0 Å². The molecule has 2 aliphatic rings. The monoisotopic (exact) mass is 442 g/mol. The Kier molecular flexibility index (Phi) is 6.27. The third-order valence-electron chi connectivity index (χ3n) is 6.16. The summed E-state index contributed by atoms with van der Waals surface area (Å²) in [6.45, 7) is 0. The molecule has 0 bridgehead atoms. The van der Waals surface area contributed by atoms with Gasteiger partial charge in [0.05, 0.1) is 30.2 Å². The molecule has 0 radical (unpaired) electrons. The van der Waals surface area contributed by atoms with E-state index in [9.17, 15) is 19.5 Å². The van der Waals surface area contributed by atoms with Crippen LogP contribution in [0, 0.1) is 11.8 Å². The van der Waals surface area contributed by atoms with Crippen LogP contribution in [0.1, 0.15) is 52.9 Å². The second-order valence-corrected chi connectivity index (χ2v) is 9.15. The van der Waals surface area contributed by atoms with Crippen LogP contribution in [-0.2, 0) is 22.4 Å². The molecule has 2 aliphatic carbocycles. The van der Waals surface area contributed by atoms with Gasteiger partial charge in [-0.15, -0.1) is 11.3 Å². The van der Waals surface area contributed by atoms with E-state index >= 15 is 0 Å². The zero-order valence-electron chi connectivity index (χ0n) is 17.4. The maximum atomic E-state index is 13.2. The average molecular weight is 443 g/mol. The fourth-order valence-electron chi connectivity index (χ4n) is 4.61. The molecule has 31 heavy (non-hydrogen) atoms. The lowest BCUT2D eigenvalue weighted by atomic mass is 9.79. The molecule has 0 unspecified atom stereocenters. The van der Waals surface area contributed by atoms with E-state index in [0.29, 0.717) is 34.8 Å². The number of fused-ring (bicyclic) bond motifs is 1. The first-order valence-corrected chi connectivity index (χ1v) is 11.4. The van der Waals surface area contributed by atoms with Crippen molar-refractivity contribution in [2.24, 2.45) is 11.8 Å². The number of carboxylic acid groups (broad SMARTS) is 1. The van der Waals surface area contributed by atoms with E-state index < -0.39 is 17.8 Å². The minimum atomic E-state index is -0.928. The molecule has 2 atom stereocenters. The van der Waals surface area contributed by atoms with Gasteiger partial charge in [-0.1, -0.05) is 25.0 Å². The Balaban J connectivity index is 1.60. The summed E-state index contributed by atoms with van der Waals surface area (Å²) in [6, 6.07) is 7.17. The number of aryl methyl sites for hydroxylation is 1. The first-order valence-electron chi connectivity index (χ1n) is 10.6. The molecule has 3 N–H and O–H groups in total. The number of methoxy groups -OCH3 is 1. The fraction of sp³-hybridized carbons (Fsp3) is 0.435. The number of anilines is 2. The van der Waals surface area contributed by atoms with E-state index in [0.717, 1.165) is 42.5 Å². The third kappa shape index (κ3) is 4.30. The highest BCUT2D eigenvalue weighted by atomic mass is 32.1. The van der Waals surface area contributed by atoms with Gasteiger partial charge < -0.3 is 20.5 Å². The Morgan fingerprint density at radius 1 is 1.03 bits per heavy atom. The first kappa shape index (κ1) is 21.4. The number of carbonyl (C=O) groups excluding carboxylic acids is 2. The van der Waals surface area contributed by atoms with Crippen LogP contribution in [0.2, 0.25) is 0 Å². The quantitative estimate of drug-likeness (QED) is 0.618. The lowest BCUT2D eigenvalue weighted by molar-refractivity contribution is -0.147. The summed E-state index contributed by atoms with van der Waals surface area (Å²) < 4.78 is 5.33. The Bertz CT molecular complexity index is 1020. The molecular weight excluding hydrogens is 416 g/mol. The number of aliphatic carboxylic acids is 1. The predicted molar refractivity (Wildman–Crippen MR) is 119 cm³/mol. The largest absolute Gasteiger partial charge is 0.495 e. The summed E-state index contributed by atoms with van der Waals surface area (Å²) in [5.41, 5.74) is 2.02. The smallest absolute Gasteiger partial charge is 0.307 e. The maximum Gasteiger partial charge on any atom is 0.307 e. The number of amides is 2. The van der Waals surface area contributed by atoms with Crippen molar-refractivity contribution in [1.29, 1.82) is 0 Å². The predicted octanol–water partition coefficient (Wildman–Crippen LogP) is 4.33. The topological polar surface area (TPSA) is 105 Å². The fourth-order valence-corrected chi connectivity index (χ4v) is 5.90. The van der Waals surface area contributed by atoms with E-state index in [1.54, 1.807) is 19.2 Å². The number of benzene rings is 1. The second-order valence-electron chi connectivity index (χ2n) is 8.04. The van der Waals surface area contributed by atoms with Crippen LogP contribution in [0.5, 0.6) is 5.75 Å². The summed E-state index contributed by atoms with van der Waals surface area (Å²) >= 11 is 1.43. The molecule has 2 amide bonds. The highest BCUT2D eigenvalue weighted by molar-refractivity contribution is 7.17. The Labute approximate surface area is 184 Å². The van der Waals surface area contributed by atoms with Gasteiger partial charge in [0.2, 0.25) is 5.91 Å². The van der Waals surface area contributed by atoms with Crippen LogP contribution >= 0.6 is 11.3 Å². The summed E-state index contributed by atoms with van der Waals surface area (Å²) in [4.78, 5) is 39.0. The van der Waals surface area contributed by atoms with E-state index in [2.05, 4.69) is 10.6 Å². The molecule has 0 aliphatic heterocycles. The van der Waals surface area contributed by atoms with Gasteiger partial charge in [0, 0.05) is 4.88 Å². The van der Waals surface area contributed by atoms with Crippen molar-refractivity contribution in [2.45, 2.75) is 44.9 Å². The standard InChI is InChI=1S/C23H26N2O5S/c1-30-17-11-5-4-10-16(17)24-21(27)19-15-9-6-12-18(15)31-22(19)25-20(26)13-7-2-3-8-14(13)23(28)29/h4-5,10-11,13-14H,2-3,6-9,12H2,1H3,(H,24,27)(H,25,26)(H,28,29)/t13-,14+/m1/s1. The molecule has 1 aromatic carbocycles. The number of rotatable bonds is 6. The molecule has 1 fully saturated rings. The lowest BCUT2D eigenvalue weighted by Gasteiger charge is -2.27. The van der Waals surface area contributed by atoms with Crippen LogP contribution in [0.4, 0.5) is 10.7 Å². The molecule has 1 heterocycles.